The number of ether oxygens (including phenoxy) is 1. The molecule has 2 heterocycles. The molecule has 0 saturated carbocycles. The monoisotopic (exact) mass is 300 g/mol. The van der Waals surface area contributed by atoms with Gasteiger partial charge in [-0.05, 0) is 24.8 Å². The van der Waals surface area contributed by atoms with Crippen LogP contribution in [-0.2, 0) is 0 Å². The molecule has 1 aliphatic rings. The molecule has 7 heteroatoms. The lowest BCUT2D eigenvalue weighted by molar-refractivity contribution is 0.0613. The van der Waals surface area contributed by atoms with Crippen molar-refractivity contribution in [3.63, 3.8) is 0 Å². The number of aromatic nitrogens is 1. The van der Waals surface area contributed by atoms with Gasteiger partial charge in [0.15, 0.2) is 0 Å². The Morgan fingerprint density at radius 2 is 2.38 bits per heavy atom. The van der Waals surface area contributed by atoms with Gasteiger partial charge >= 0.3 is 0 Å². The number of halogens is 2. The molecule has 1 fully saturated rings. The van der Waals surface area contributed by atoms with Gasteiger partial charge in [0.1, 0.15) is 18.1 Å². The number of likely N-dealkylation sites (tertiary alicyclic amines) is 1. The summed E-state index contributed by atoms with van der Waals surface area (Å²) in [4.78, 5) is 17.9. The number of aliphatic hydroxyl groups is 1. The minimum atomic E-state index is -2.57. The number of hydrogen-bond donors (Lipinski definition) is 1. The zero-order valence-electron chi connectivity index (χ0n) is 11.5. The molecule has 2 rings (SSSR count). The van der Waals surface area contributed by atoms with E-state index in [1.807, 2.05) is 0 Å². The van der Waals surface area contributed by atoms with Crippen LogP contribution >= 0.6 is 0 Å². The Morgan fingerprint density at radius 3 is 3.10 bits per heavy atom. The van der Waals surface area contributed by atoms with Crippen molar-refractivity contribution < 1.29 is 23.4 Å². The number of amides is 1. The highest BCUT2D eigenvalue weighted by Crippen LogP contribution is 2.19. The standard InChI is InChI=1S/C14H18F2N2O3/c15-13(16)9-21-11-3-4-17-12(6-11)14(20)18-5-1-2-10(7-18)8-19/h3-4,6,10,13,19H,1-2,5,7-9H2. The van der Waals surface area contributed by atoms with Crippen LogP contribution in [0.1, 0.15) is 23.3 Å². The predicted octanol–water partition coefficient (Wildman–Crippen LogP) is 1.57. The van der Waals surface area contributed by atoms with E-state index in [2.05, 4.69) is 4.98 Å². The largest absolute Gasteiger partial charge is 0.488 e. The maximum atomic E-state index is 12.3. The van der Waals surface area contributed by atoms with Crippen LogP contribution in [0.3, 0.4) is 0 Å². The third-order valence-electron chi connectivity index (χ3n) is 3.39. The lowest BCUT2D eigenvalue weighted by Crippen LogP contribution is -2.41. The van der Waals surface area contributed by atoms with E-state index < -0.39 is 13.0 Å². The van der Waals surface area contributed by atoms with Crippen LogP contribution in [0.4, 0.5) is 8.78 Å². The lowest BCUT2D eigenvalue weighted by Gasteiger charge is -2.31. The lowest BCUT2D eigenvalue weighted by atomic mass is 9.99. The quantitative estimate of drug-likeness (QED) is 0.896. The molecule has 0 aromatic carbocycles. The number of pyridine rings is 1. The number of nitrogens with zero attached hydrogens (tertiary/aromatic N) is 2. The second-order valence-corrected chi connectivity index (χ2v) is 5.02. The van der Waals surface area contributed by atoms with E-state index in [-0.39, 0.29) is 29.9 Å². The summed E-state index contributed by atoms with van der Waals surface area (Å²) < 4.78 is 29.1. The van der Waals surface area contributed by atoms with Gasteiger partial charge < -0.3 is 14.7 Å². The molecule has 0 aliphatic carbocycles. The number of hydrogen-bond acceptors (Lipinski definition) is 4. The highest BCUT2D eigenvalue weighted by molar-refractivity contribution is 5.92. The molecule has 1 amide bonds. The van der Waals surface area contributed by atoms with Gasteiger partial charge in [-0.2, -0.15) is 0 Å². The minimum Gasteiger partial charge on any atom is -0.488 e. The first-order valence-corrected chi connectivity index (χ1v) is 6.87. The van der Waals surface area contributed by atoms with E-state index in [0.717, 1.165) is 12.8 Å². The van der Waals surface area contributed by atoms with Gasteiger partial charge in [0.25, 0.3) is 12.3 Å². The molecule has 21 heavy (non-hydrogen) atoms. The third-order valence-corrected chi connectivity index (χ3v) is 3.39. The Morgan fingerprint density at radius 1 is 1.57 bits per heavy atom. The van der Waals surface area contributed by atoms with Crippen LogP contribution in [0, 0.1) is 5.92 Å². The summed E-state index contributed by atoms with van der Waals surface area (Å²) in [5.41, 5.74) is 0.167. The number of rotatable bonds is 5. The minimum absolute atomic E-state index is 0.0503. The topological polar surface area (TPSA) is 62.7 Å². The van der Waals surface area contributed by atoms with Crippen LogP contribution in [0.25, 0.3) is 0 Å². The second kappa shape index (κ2) is 7.31. The van der Waals surface area contributed by atoms with Crippen molar-refractivity contribution in [1.82, 2.24) is 9.88 Å². The van der Waals surface area contributed by atoms with Gasteiger partial charge in [0.2, 0.25) is 0 Å². The summed E-state index contributed by atoms with van der Waals surface area (Å²) >= 11 is 0. The van der Waals surface area contributed by atoms with E-state index in [1.165, 1.54) is 18.3 Å². The molecule has 1 N–H and O–H groups in total. The highest BCUT2D eigenvalue weighted by atomic mass is 19.3. The fourth-order valence-electron chi connectivity index (χ4n) is 2.34. The maximum Gasteiger partial charge on any atom is 0.272 e. The van der Waals surface area contributed by atoms with Gasteiger partial charge in [-0.1, -0.05) is 0 Å². The summed E-state index contributed by atoms with van der Waals surface area (Å²) in [6.45, 7) is 0.432. The van der Waals surface area contributed by atoms with Crippen LogP contribution < -0.4 is 4.74 Å². The number of piperidine rings is 1. The Balaban J connectivity index is 2.03. The molecule has 1 saturated heterocycles. The molecular formula is C14H18F2N2O3. The van der Waals surface area contributed by atoms with Crippen molar-refractivity contribution in [3.05, 3.63) is 24.0 Å². The van der Waals surface area contributed by atoms with E-state index in [1.54, 1.807) is 4.90 Å². The normalized spacial score (nSPS) is 18.9. The van der Waals surface area contributed by atoms with Crippen LogP contribution in [0.15, 0.2) is 18.3 Å². The zero-order valence-corrected chi connectivity index (χ0v) is 11.5. The van der Waals surface area contributed by atoms with Crippen LogP contribution in [0.2, 0.25) is 0 Å². The highest BCUT2D eigenvalue weighted by Gasteiger charge is 2.25. The summed E-state index contributed by atoms with van der Waals surface area (Å²) in [6.07, 6.45) is 0.524. The summed E-state index contributed by atoms with van der Waals surface area (Å²) in [5, 5.41) is 9.18. The van der Waals surface area contributed by atoms with Crippen molar-refractivity contribution in [2.75, 3.05) is 26.3 Å². The summed E-state index contributed by atoms with van der Waals surface area (Å²) in [5.74, 6) is 0.0148. The SMILES string of the molecule is O=C(c1cc(OCC(F)F)ccn1)N1CCCC(CO)C1. The van der Waals surface area contributed by atoms with Crippen molar-refractivity contribution >= 4 is 5.91 Å². The Labute approximate surface area is 121 Å². The summed E-state index contributed by atoms with van der Waals surface area (Å²) in [6, 6.07) is 2.80. The van der Waals surface area contributed by atoms with E-state index >= 15 is 0 Å². The van der Waals surface area contributed by atoms with Gasteiger partial charge in [0.05, 0.1) is 0 Å². The molecule has 1 atom stereocenters. The number of alkyl halides is 2. The van der Waals surface area contributed by atoms with Gasteiger partial charge in [-0.15, -0.1) is 0 Å². The smallest absolute Gasteiger partial charge is 0.272 e. The molecule has 0 bridgehead atoms. The molecule has 1 aromatic heterocycles. The molecule has 5 nitrogen and oxygen atoms in total. The van der Waals surface area contributed by atoms with Crippen molar-refractivity contribution in [3.8, 4) is 5.75 Å². The number of carbonyl (C=O) groups excluding carboxylic acids is 1. The van der Waals surface area contributed by atoms with Crippen molar-refractivity contribution in [2.45, 2.75) is 19.3 Å². The predicted molar refractivity (Wildman–Crippen MR) is 71.4 cm³/mol. The molecule has 1 aliphatic heterocycles. The van der Waals surface area contributed by atoms with Crippen LogP contribution in [0.5, 0.6) is 5.75 Å². The maximum absolute atomic E-state index is 12.3. The van der Waals surface area contributed by atoms with Gasteiger partial charge in [-0.3, -0.25) is 9.78 Å². The number of carbonyl (C=O) groups is 1. The molecule has 0 spiro atoms. The zero-order chi connectivity index (χ0) is 15.2. The third kappa shape index (κ3) is 4.35. The van der Waals surface area contributed by atoms with Gasteiger partial charge in [-0.25, -0.2) is 8.78 Å². The Hall–Kier alpha value is -1.76. The van der Waals surface area contributed by atoms with Crippen molar-refractivity contribution in [1.29, 1.82) is 0 Å². The fraction of sp³-hybridized carbons (Fsp3) is 0.571. The van der Waals surface area contributed by atoms with Crippen molar-refractivity contribution in [2.24, 2.45) is 5.92 Å². The first-order valence-electron chi connectivity index (χ1n) is 6.87. The van der Waals surface area contributed by atoms with E-state index in [0.29, 0.717) is 13.1 Å². The molecule has 0 radical (unpaired) electrons. The second-order valence-electron chi connectivity index (χ2n) is 5.02. The first-order chi connectivity index (χ1) is 10.1. The van der Waals surface area contributed by atoms with Gasteiger partial charge in [0, 0.05) is 32.0 Å². The van der Waals surface area contributed by atoms with E-state index in [9.17, 15) is 18.7 Å². The average Bonchev–Trinajstić information content (AvgIpc) is 2.52. The summed E-state index contributed by atoms with van der Waals surface area (Å²) in [7, 11) is 0. The first kappa shape index (κ1) is 15.6. The fourth-order valence-corrected chi connectivity index (χ4v) is 2.34. The molecule has 1 aromatic rings. The molecular weight excluding hydrogens is 282 g/mol. The van der Waals surface area contributed by atoms with Crippen LogP contribution in [-0.4, -0.2) is 53.6 Å². The Bertz CT molecular complexity index is 485. The average molecular weight is 300 g/mol. The molecule has 116 valence electrons. The Kier molecular flexibility index (Phi) is 5.44. The molecule has 1 unspecified atom stereocenters. The van der Waals surface area contributed by atoms with E-state index in [4.69, 9.17) is 4.74 Å². The number of aliphatic hydroxyl groups excluding tert-OH is 1.